The molecule has 0 aliphatic carbocycles. The van der Waals surface area contributed by atoms with Crippen molar-refractivity contribution in [2.45, 2.75) is 40.2 Å². The molecule has 0 saturated heterocycles. The Labute approximate surface area is 135 Å². The van der Waals surface area contributed by atoms with Crippen LogP contribution in [0.25, 0.3) is 5.69 Å². The fraction of sp³-hybridized carbons (Fsp3) is 0.471. The van der Waals surface area contributed by atoms with Crippen molar-refractivity contribution < 1.29 is 0 Å². The Hall–Kier alpha value is -1.13. The van der Waals surface area contributed by atoms with Crippen LogP contribution in [0, 0.1) is 5.92 Å². The molecular formula is C17H24BrN3. The first-order chi connectivity index (χ1) is 9.97. The summed E-state index contributed by atoms with van der Waals surface area (Å²) in [7, 11) is 0. The SMILES string of the molecule is CC(C)CNCc1cc(Br)ccc1-n1ccc(C(C)C)n1. The average molecular weight is 350 g/mol. The number of nitrogens with one attached hydrogen (secondary N) is 1. The molecule has 2 rings (SSSR count). The molecule has 114 valence electrons. The summed E-state index contributed by atoms with van der Waals surface area (Å²) in [4.78, 5) is 0. The summed E-state index contributed by atoms with van der Waals surface area (Å²) >= 11 is 3.56. The van der Waals surface area contributed by atoms with Gasteiger partial charge in [0.15, 0.2) is 0 Å². The van der Waals surface area contributed by atoms with Gasteiger partial charge in [0.05, 0.1) is 11.4 Å². The highest BCUT2D eigenvalue weighted by molar-refractivity contribution is 9.10. The monoisotopic (exact) mass is 349 g/mol. The minimum atomic E-state index is 0.448. The lowest BCUT2D eigenvalue weighted by Crippen LogP contribution is -2.20. The van der Waals surface area contributed by atoms with Crippen molar-refractivity contribution in [1.82, 2.24) is 15.1 Å². The van der Waals surface area contributed by atoms with Crippen molar-refractivity contribution in [1.29, 1.82) is 0 Å². The quantitative estimate of drug-likeness (QED) is 0.831. The molecule has 21 heavy (non-hydrogen) atoms. The van der Waals surface area contributed by atoms with Gasteiger partial charge in [0.25, 0.3) is 0 Å². The van der Waals surface area contributed by atoms with Gasteiger partial charge in [-0.15, -0.1) is 0 Å². The first kappa shape index (κ1) is 16.2. The summed E-state index contributed by atoms with van der Waals surface area (Å²) in [5.41, 5.74) is 3.52. The second-order valence-electron chi connectivity index (χ2n) is 6.14. The summed E-state index contributed by atoms with van der Waals surface area (Å²) < 4.78 is 3.08. The van der Waals surface area contributed by atoms with Crippen molar-refractivity contribution in [2.24, 2.45) is 5.92 Å². The van der Waals surface area contributed by atoms with Gasteiger partial charge in [-0.2, -0.15) is 5.10 Å². The normalized spacial score (nSPS) is 11.6. The largest absolute Gasteiger partial charge is 0.312 e. The number of rotatable bonds is 6. The van der Waals surface area contributed by atoms with Crippen LogP contribution >= 0.6 is 15.9 Å². The molecule has 0 radical (unpaired) electrons. The lowest BCUT2D eigenvalue weighted by Gasteiger charge is -2.13. The van der Waals surface area contributed by atoms with Crippen LogP contribution < -0.4 is 5.32 Å². The maximum atomic E-state index is 4.69. The molecule has 1 aromatic carbocycles. The molecule has 0 amide bonds. The number of nitrogens with zero attached hydrogens (tertiary/aromatic N) is 2. The Morgan fingerprint density at radius 1 is 1.19 bits per heavy atom. The average Bonchev–Trinajstić information content (AvgIpc) is 2.88. The Kier molecular flexibility index (Phi) is 5.59. The predicted molar refractivity (Wildman–Crippen MR) is 91.9 cm³/mol. The molecular weight excluding hydrogens is 326 g/mol. The van der Waals surface area contributed by atoms with E-state index in [0.29, 0.717) is 11.8 Å². The summed E-state index contributed by atoms with van der Waals surface area (Å²) in [5, 5.41) is 8.19. The Balaban J connectivity index is 2.24. The Morgan fingerprint density at radius 3 is 2.57 bits per heavy atom. The fourth-order valence-electron chi connectivity index (χ4n) is 2.19. The van der Waals surface area contributed by atoms with Gasteiger partial charge in [-0.05, 0) is 48.2 Å². The zero-order valence-electron chi connectivity index (χ0n) is 13.2. The van der Waals surface area contributed by atoms with E-state index in [-0.39, 0.29) is 0 Å². The smallest absolute Gasteiger partial charge is 0.0691 e. The minimum Gasteiger partial charge on any atom is -0.312 e. The van der Waals surface area contributed by atoms with E-state index < -0.39 is 0 Å². The molecule has 4 heteroatoms. The van der Waals surface area contributed by atoms with Crippen LogP contribution in [0.5, 0.6) is 0 Å². The topological polar surface area (TPSA) is 29.9 Å². The number of aromatic nitrogens is 2. The first-order valence-corrected chi connectivity index (χ1v) is 8.31. The maximum absolute atomic E-state index is 4.69. The van der Waals surface area contributed by atoms with Gasteiger partial charge in [-0.1, -0.05) is 43.6 Å². The van der Waals surface area contributed by atoms with E-state index in [1.165, 1.54) is 5.56 Å². The maximum Gasteiger partial charge on any atom is 0.0691 e. The first-order valence-electron chi connectivity index (χ1n) is 7.52. The van der Waals surface area contributed by atoms with Gasteiger partial charge in [0.1, 0.15) is 0 Å². The van der Waals surface area contributed by atoms with Crippen molar-refractivity contribution in [2.75, 3.05) is 6.54 Å². The molecule has 1 heterocycles. The zero-order valence-corrected chi connectivity index (χ0v) is 14.8. The number of halogens is 1. The van der Waals surface area contributed by atoms with Crippen LogP contribution in [0.15, 0.2) is 34.9 Å². The van der Waals surface area contributed by atoms with Gasteiger partial charge in [0.2, 0.25) is 0 Å². The Bertz CT molecular complexity index is 587. The summed E-state index contributed by atoms with van der Waals surface area (Å²) in [5.74, 6) is 1.10. The van der Waals surface area contributed by atoms with Gasteiger partial charge in [0, 0.05) is 17.2 Å². The molecule has 2 aromatic rings. The van der Waals surface area contributed by atoms with Gasteiger partial charge in [-0.3, -0.25) is 0 Å². The fourth-order valence-corrected chi connectivity index (χ4v) is 2.60. The van der Waals surface area contributed by atoms with E-state index >= 15 is 0 Å². The zero-order chi connectivity index (χ0) is 15.4. The highest BCUT2D eigenvalue weighted by atomic mass is 79.9. The third-order valence-corrected chi connectivity index (χ3v) is 3.85. The van der Waals surface area contributed by atoms with Crippen molar-refractivity contribution in [3.63, 3.8) is 0 Å². The summed E-state index contributed by atoms with van der Waals surface area (Å²) in [6.07, 6.45) is 2.05. The van der Waals surface area contributed by atoms with Crippen LogP contribution in [0.1, 0.15) is 44.9 Å². The lowest BCUT2D eigenvalue weighted by molar-refractivity contribution is 0.551. The molecule has 0 atom stereocenters. The van der Waals surface area contributed by atoms with Crippen LogP contribution in [-0.2, 0) is 6.54 Å². The molecule has 3 nitrogen and oxygen atoms in total. The molecule has 0 bridgehead atoms. The highest BCUT2D eigenvalue weighted by Crippen LogP contribution is 2.21. The second-order valence-corrected chi connectivity index (χ2v) is 7.05. The van der Waals surface area contributed by atoms with Crippen LogP contribution in [0.2, 0.25) is 0 Å². The third kappa shape index (κ3) is 4.42. The van der Waals surface area contributed by atoms with E-state index in [1.54, 1.807) is 0 Å². The molecule has 1 aromatic heterocycles. The number of hydrogen-bond donors (Lipinski definition) is 1. The van der Waals surface area contributed by atoms with Crippen LogP contribution in [-0.4, -0.2) is 16.3 Å². The summed E-state index contributed by atoms with van der Waals surface area (Å²) in [6, 6.07) is 8.45. The number of benzene rings is 1. The van der Waals surface area contributed by atoms with E-state index in [2.05, 4.69) is 78.3 Å². The van der Waals surface area contributed by atoms with Gasteiger partial charge < -0.3 is 5.32 Å². The number of hydrogen-bond acceptors (Lipinski definition) is 2. The lowest BCUT2D eigenvalue weighted by atomic mass is 10.1. The standard InChI is InChI=1S/C17H24BrN3/c1-12(2)10-19-11-14-9-15(18)5-6-17(14)21-8-7-16(20-21)13(3)4/h5-9,12-13,19H,10-11H2,1-4H3. The molecule has 0 saturated carbocycles. The van der Waals surface area contributed by atoms with Gasteiger partial charge >= 0.3 is 0 Å². The van der Waals surface area contributed by atoms with Crippen molar-refractivity contribution in [3.8, 4) is 5.69 Å². The Morgan fingerprint density at radius 2 is 1.95 bits per heavy atom. The molecule has 0 unspecified atom stereocenters. The second kappa shape index (κ2) is 7.23. The molecule has 0 fully saturated rings. The third-order valence-electron chi connectivity index (χ3n) is 3.36. The minimum absolute atomic E-state index is 0.448. The van der Waals surface area contributed by atoms with Crippen LogP contribution in [0.3, 0.4) is 0 Å². The van der Waals surface area contributed by atoms with Crippen molar-refractivity contribution in [3.05, 3.63) is 46.2 Å². The van der Waals surface area contributed by atoms with Crippen LogP contribution in [0.4, 0.5) is 0 Å². The molecule has 0 aliphatic heterocycles. The highest BCUT2D eigenvalue weighted by Gasteiger charge is 2.09. The predicted octanol–water partition coefficient (Wildman–Crippen LogP) is 4.50. The van der Waals surface area contributed by atoms with E-state index in [1.807, 2.05) is 10.9 Å². The van der Waals surface area contributed by atoms with Gasteiger partial charge in [-0.25, -0.2) is 4.68 Å². The molecule has 0 spiro atoms. The molecule has 1 N–H and O–H groups in total. The van der Waals surface area contributed by atoms with E-state index in [9.17, 15) is 0 Å². The molecule has 0 aliphatic rings. The summed E-state index contributed by atoms with van der Waals surface area (Å²) in [6.45, 7) is 10.6. The van der Waals surface area contributed by atoms with Crippen molar-refractivity contribution >= 4 is 15.9 Å². The van der Waals surface area contributed by atoms with E-state index in [0.717, 1.165) is 28.9 Å². The van der Waals surface area contributed by atoms with E-state index in [4.69, 9.17) is 0 Å².